The van der Waals surface area contributed by atoms with Gasteiger partial charge in [-0.3, -0.25) is 9.78 Å². The van der Waals surface area contributed by atoms with Crippen LogP contribution in [0.4, 0.5) is 0 Å². The van der Waals surface area contributed by atoms with Gasteiger partial charge >= 0.3 is 0 Å². The summed E-state index contributed by atoms with van der Waals surface area (Å²) in [5, 5.41) is 3.16. The molecule has 0 saturated carbocycles. The number of pyridine rings is 1. The van der Waals surface area contributed by atoms with Gasteiger partial charge in [0.2, 0.25) is 5.91 Å². The van der Waals surface area contributed by atoms with E-state index in [1.807, 2.05) is 30.3 Å². The predicted molar refractivity (Wildman–Crippen MR) is 71.2 cm³/mol. The molecule has 1 fully saturated rings. The smallest absolute Gasteiger partial charge is 0.223 e. The lowest BCUT2D eigenvalue weighted by Crippen LogP contribution is -2.40. The molecule has 1 amide bonds. The van der Waals surface area contributed by atoms with Gasteiger partial charge in [0.15, 0.2) is 0 Å². The number of hydrogen-bond acceptors (Lipinski definition) is 3. The summed E-state index contributed by atoms with van der Waals surface area (Å²) in [7, 11) is 1.94. The lowest BCUT2D eigenvalue weighted by Gasteiger charge is -2.24. The third-order valence-corrected chi connectivity index (χ3v) is 3.49. The number of carbonyl (C=O) groups excluding carboxylic acids is 1. The van der Waals surface area contributed by atoms with Crippen LogP contribution in [0.15, 0.2) is 24.5 Å². The Hall–Kier alpha value is -1.42. The van der Waals surface area contributed by atoms with Crippen molar-refractivity contribution in [3.05, 3.63) is 30.1 Å². The van der Waals surface area contributed by atoms with Gasteiger partial charge in [0, 0.05) is 37.9 Å². The molecule has 1 N–H and O–H groups in total. The van der Waals surface area contributed by atoms with E-state index >= 15 is 0 Å². The summed E-state index contributed by atoms with van der Waals surface area (Å²) in [4.78, 5) is 18.3. The Kier molecular flexibility index (Phi) is 4.70. The molecule has 1 aromatic heterocycles. The number of carbonyl (C=O) groups is 1. The summed E-state index contributed by atoms with van der Waals surface area (Å²) in [6.45, 7) is 1.82. The van der Waals surface area contributed by atoms with Crippen molar-refractivity contribution in [2.24, 2.45) is 0 Å². The van der Waals surface area contributed by atoms with Crippen molar-refractivity contribution in [1.29, 1.82) is 0 Å². The van der Waals surface area contributed by atoms with E-state index in [4.69, 9.17) is 0 Å². The number of hydrogen-bond donors (Lipinski definition) is 1. The number of likely N-dealkylation sites (N-methyl/N-ethyl adjacent to an activating group) is 1. The van der Waals surface area contributed by atoms with Crippen LogP contribution in [0.1, 0.15) is 24.8 Å². The number of likely N-dealkylation sites (tertiary alicyclic amines) is 1. The summed E-state index contributed by atoms with van der Waals surface area (Å²) in [6, 6.07) is 4.32. The quantitative estimate of drug-likeness (QED) is 0.851. The van der Waals surface area contributed by atoms with Crippen LogP contribution in [-0.4, -0.2) is 42.0 Å². The van der Waals surface area contributed by atoms with E-state index in [1.165, 1.54) is 0 Å². The van der Waals surface area contributed by atoms with Crippen LogP contribution in [0.2, 0.25) is 0 Å². The Balaban J connectivity index is 1.84. The van der Waals surface area contributed by atoms with E-state index in [-0.39, 0.29) is 5.91 Å². The SMILES string of the molecule is CNCC1CCCN1C(=O)CCc1cccnc1. The molecule has 1 atom stereocenters. The Morgan fingerprint density at radius 3 is 3.22 bits per heavy atom. The minimum Gasteiger partial charge on any atom is -0.338 e. The van der Waals surface area contributed by atoms with Crippen molar-refractivity contribution in [2.75, 3.05) is 20.1 Å². The Morgan fingerprint density at radius 1 is 1.61 bits per heavy atom. The second kappa shape index (κ2) is 6.50. The zero-order valence-electron chi connectivity index (χ0n) is 10.9. The molecule has 98 valence electrons. The van der Waals surface area contributed by atoms with Crippen molar-refractivity contribution in [3.63, 3.8) is 0 Å². The molecule has 0 radical (unpaired) electrons. The summed E-state index contributed by atoms with van der Waals surface area (Å²) in [5.41, 5.74) is 1.13. The third-order valence-electron chi connectivity index (χ3n) is 3.49. The topological polar surface area (TPSA) is 45.2 Å². The van der Waals surface area contributed by atoms with Crippen LogP contribution in [0, 0.1) is 0 Å². The Morgan fingerprint density at radius 2 is 2.50 bits per heavy atom. The standard InChI is InChI=1S/C14H21N3O/c1-15-11-13-5-3-9-17(13)14(18)7-6-12-4-2-8-16-10-12/h2,4,8,10,13,15H,3,5-7,9,11H2,1H3. The number of nitrogens with one attached hydrogen (secondary N) is 1. The minimum atomic E-state index is 0.275. The molecule has 1 aliphatic rings. The van der Waals surface area contributed by atoms with Gasteiger partial charge in [-0.2, -0.15) is 0 Å². The van der Waals surface area contributed by atoms with Gasteiger partial charge in [0.1, 0.15) is 0 Å². The summed E-state index contributed by atoms with van der Waals surface area (Å²) >= 11 is 0. The molecule has 4 heteroatoms. The maximum absolute atomic E-state index is 12.2. The van der Waals surface area contributed by atoms with Crippen LogP contribution in [-0.2, 0) is 11.2 Å². The number of amides is 1. The van der Waals surface area contributed by atoms with Crippen molar-refractivity contribution in [2.45, 2.75) is 31.7 Å². The van der Waals surface area contributed by atoms with Crippen molar-refractivity contribution >= 4 is 5.91 Å². The van der Waals surface area contributed by atoms with E-state index < -0.39 is 0 Å². The highest BCUT2D eigenvalue weighted by Gasteiger charge is 2.27. The zero-order chi connectivity index (χ0) is 12.8. The second-order valence-corrected chi connectivity index (χ2v) is 4.80. The molecule has 1 unspecified atom stereocenters. The molecule has 0 spiro atoms. The van der Waals surface area contributed by atoms with Gasteiger partial charge < -0.3 is 10.2 Å². The summed E-state index contributed by atoms with van der Waals surface area (Å²) in [6.07, 6.45) is 7.23. The molecule has 0 bridgehead atoms. The number of rotatable bonds is 5. The first-order chi connectivity index (χ1) is 8.81. The summed E-state index contributed by atoms with van der Waals surface area (Å²) < 4.78 is 0. The first-order valence-corrected chi connectivity index (χ1v) is 6.64. The maximum Gasteiger partial charge on any atom is 0.223 e. The van der Waals surface area contributed by atoms with Crippen LogP contribution in [0.5, 0.6) is 0 Å². The molecule has 2 heterocycles. The molecule has 0 aliphatic carbocycles. The van der Waals surface area contributed by atoms with Crippen molar-refractivity contribution in [1.82, 2.24) is 15.2 Å². The van der Waals surface area contributed by atoms with Crippen LogP contribution >= 0.6 is 0 Å². The molecule has 4 nitrogen and oxygen atoms in total. The molecule has 1 aliphatic heterocycles. The molecule has 18 heavy (non-hydrogen) atoms. The fraction of sp³-hybridized carbons (Fsp3) is 0.571. The maximum atomic E-state index is 12.2. The molecule has 1 aromatic rings. The van der Waals surface area contributed by atoms with Crippen LogP contribution in [0.3, 0.4) is 0 Å². The Bertz CT molecular complexity index is 380. The highest BCUT2D eigenvalue weighted by molar-refractivity contribution is 5.77. The normalized spacial score (nSPS) is 19.2. The Labute approximate surface area is 108 Å². The molecule has 0 aromatic carbocycles. The highest BCUT2D eigenvalue weighted by Crippen LogP contribution is 2.18. The average Bonchev–Trinajstić information content (AvgIpc) is 2.86. The predicted octanol–water partition coefficient (Wildman–Crippen LogP) is 1.22. The molecule has 2 rings (SSSR count). The fourth-order valence-electron chi connectivity index (χ4n) is 2.55. The lowest BCUT2D eigenvalue weighted by molar-refractivity contribution is -0.131. The largest absolute Gasteiger partial charge is 0.338 e. The second-order valence-electron chi connectivity index (χ2n) is 4.80. The van der Waals surface area contributed by atoms with Gasteiger partial charge in [0.05, 0.1) is 0 Å². The van der Waals surface area contributed by atoms with Crippen molar-refractivity contribution in [3.8, 4) is 0 Å². The van der Waals surface area contributed by atoms with Crippen LogP contribution in [0.25, 0.3) is 0 Å². The lowest BCUT2D eigenvalue weighted by atomic mass is 10.1. The number of nitrogens with zero attached hydrogens (tertiary/aromatic N) is 2. The highest BCUT2D eigenvalue weighted by atomic mass is 16.2. The first-order valence-electron chi connectivity index (χ1n) is 6.64. The fourth-order valence-corrected chi connectivity index (χ4v) is 2.55. The van der Waals surface area contributed by atoms with E-state index in [2.05, 4.69) is 10.3 Å². The van der Waals surface area contributed by atoms with Crippen LogP contribution < -0.4 is 5.32 Å². The first kappa shape index (κ1) is 13.0. The van der Waals surface area contributed by atoms with Gasteiger partial charge in [-0.15, -0.1) is 0 Å². The number of aryl methyl sites for hydroxylation is 1. The summed E-state index contributed by atoms with van der Waals surface area (Å²) in [5.74, 6) is 0.275. The number of aromatic nitrogens is 1. The van der Waals surface area contributed by atoms with Gasteiger partial charge in [-0.25, -0.2) is 0 Å². The van der Waals surface area contributed by atoms with Crippen molar-refractivity contribution < 1.29 is 4.79 Å². The third kappa shape index (κ3) is 3.29. The minimum absolute atomic E-state index is 0.275. The van der Waals surface area contributed by atoms with Gasteiger partial charge in [0.25, 0.3) is 0 Å². The molecule has 1 saturated heterocycles. The monoisotopic (exact) mass is 247 g/mol. The van der Waals surface area contributed by atoms with E-state index in [1.54, 1.807) is 6.20 Å². The van der Waals surface area contributed by atoms with Gasteiger partial charge in [-0.1, -0.05) is 6.07 Å². The zero-order valence-corrected chi connectivity index (χ0v) is 10.9. The molecular formula is C14H21N3O. The van der Waals surface area contributed by atoms with E-state index in [0.717, 1.165) is 37.9 Å². The van der Waals surface area contributed by atoms with E-state index in [0.29, 0.717) is 12.5 Å². The average molecular weight is 247 g/mol. The molecular weight excluding hydrogens is 226 g/mol. The van der Waals surface area contributed by atoms with Gasteiger partial charge in [-0.05, 0) is 37.9 Å². The van der Waals surface area contributed by atoms with E-state index in [9.17, 15) is 4.79 Å².